The minimum absolute atomic E-state index is 0.0740. The molecule has 0 saturated carbocycles. The SMILES string of the molecule is CC(Nc1ncc(C(=O)c2cccc(C#N)c2)cn1)c1cncnc1. The monoisotopic (exact) mass is 330 g/mol. The molecule has 2 aromatic heterocycles. The van der Waals surface area contributed by atoms with Gasteiger partial charge < -0.3 is 5.32 Å². The van der Waals surface area contributed by atoms with E-state index in [4.69, 9.17) is 5.26 Å². The van der Waals surface area contributed by atoms with Crippen LogP contribution in [0, 0.1) is 11.3 Å². The van der Waals surface area contributed by atoms with Gasteiger partial charge in [-0.3, -0.25) is 4.79 Å². The maximum atomic E-state index is 12.4. The lowest BCUT2D eigenvalue weighted by Gasteiger charge is -2.13. The summed E-state index contributed by atoms with van der Waals surface area (Å²) in [5.74, 6) is 0.173. The Hall–Kier alpha value is -3.66. The average molecular weight is 330 g/mol. The summed E-state index contributed by atoms with van der Waals surface area (Å²) in [5, 5.41) is 12.1. The van der Waals surface area contributed by atoms with Crippen LogP contribution in [0.1, 0.15) is 40.0 Å². The molecule has 1 N–H and O–H groups in total. The van der Waals surface area contributed by atoms with Crippen LogP contribution in [-0.4, -0.2) is 25.7 Å². The predicted octanol–water partition coefficient (Wildman–Crippen LogP) is 2.54. The lowest BCUT2D eigenvalue weighted by molar-refractivity contribution is 0.103. The number of hydrogen-bond donors (Lipinski definition) is 1. The van der Waals surface area contributed by atoms with Crippen molar-refractivity contribution in [3.8, 4) is 6.07 Å². The molecule has 25 heavy (non-hydrogen) atoms. The summed E-state index contributed by atoms with van der Waals surface area (Å²) in [6.45, 7) is 1.94. The van der Waals surface area contributed by atoms with Crippen molar-refractivity contribution < 1.29 is 4.79 Å². The number of carbonyl (C=O) groups is 1. The molecule has 0 saturated heterocycles. The molecule has 0 amide bonds. The number of ketones is 1. The van der Waals surface area contributed by atoms with E-state index in [1.165, 1.54) is 18.7 Å². The van der Waals surface area contributed by atoms with Gasteiger partial charge in [0.15, 0.2) is 5.78 Å². The number of hydrogen-bond acceptors (Lipinski definition) is 7. The van der Waals surface area contributed by atoms with Crippen LogP contribution in [-0.2, 0) is 0 Å². The molecule has 3 aromatic rings. The Kier molecular flexibility index (Phi) is 4.72. The molecule has 0 aliphatic heterocycles. The van der Waals surface area contributed by atoms with Crippen molar-refractivity contribution in [3.05, 3.63) is 77.6 Å². The number of anilines is 1. The van der Waals surface area contributed by atoms with Crippen molar-refractivity contribution in [2.75, 3.05) is 5.32 Å². The fourth-order valence-corrected chi connectivity index (χ4v) is 2.23. The lowest BCUT2D eigenvalue weighted by Crippen LogP contribution is -2.11. The first-order chi connectivity index (χ1) is 12.2. The average Bonchev–Trinajstić information content (AvgIpc) is 2.68. The van der Waals surface area contributed by atoms with Gasteiger partial charge in [-0.2, -0.15) is 5.26 Å². The molecule has 0 radical (unpaired) electrons. The Balaban J connectivity index is 1.73. The number of nitrogens with zero attached hydrogens (tertiary/aromatic N) is 5. The maximum Gasteiger partial charge on any atom is 0.223 e. The fourth-order valence-electron chi connectivity index (χ4n) is 2.23. The van der Waals surface area contributed by atoms with Crippen LogP contribution in [0.15, 0.2) is 55.4 Å². The second kappa shape index (κ2) is 7.27. The van der Waals surface area contributed by atoms with Gasteiger partial charge in [0.05, 0.1) is 23.2 Å². The summed E-state index contributed by atoms with van der Waals surface area (Å²) in [6, 6.07) is 8.47. The van der Waals surface area contributed by atoms with E-state index < -0.39 is 0 Å². The molecule has 1 atom stereocenters. The summed E-state index contributed by atoms with van der Waals surface area (Å²) < 4.78 is 0. The third-order valence-corrected chi connectivity index (χ3v) is 3.59. The van der Waals surface area contributed by atoms with Crippen LogP contribution in [0.4, 0.5) is 5.95 Å². The Morgan fingerprint density at radius 2 is 1.84 bits per heavy atom. The molecule has 0 aliphatic rings. The van der Waals surface area contributed by atoms with Gasteiger partial charge in [0.25, 0.3) is 0 Å². The van der Waals surface area contributed by atoms with E-state index in [-0.39, 0.29) is 11.8 Å². The van der Waals surface area contributed by atoms with Crippen molar-refractivity contribution in [3.63, 3.8) is 0 Å². The molecule has 0 bridgehead atoms. The molecule has 0 spiro atoms. The summed E-state index contributed by atoms with van der Waals surface area (Å²) in [5.41, 5.74) is 2.12. The quantitative estimate of drug-likeness (QED) is 0.717. The number of aromatic nitrogens is 4. The van der Waals surface area contributed by atoms with E-state index in [0.717, 1.165) is 5.56 Å². The van der Waals surface area contributed by atoms with E-state index >= 15 is 0 Å². The molecule has 2 heterocycles. The van der Waals surface area contributed by atoms with Crippen molar-refractivity contribution in [1.82, 2.24) is 19.9 Å². The Bertz CT molecular complexity index is 918. The maximum absolute atomic E-state index is 12.4. The highest BCUT2D eigenvalue weighted by molar-refractivity contribution is 6.08. The number of benzene rings is 1. The Morgan fingerprint density at radius 1 is 1.12 bits per heavy atom. The molecule has 1 aromatic carbocycles. The summed E-state index contributed by atoms with van der Waals surface area (Å²) in [7, 11) is 0. The highest BCUT2D eigenvalue weighted by atomic mass is 16.1. The smallest absolute Gasteiger partial charge is 0.223 e. The first kappa shape index (κ1) is 16.2. The zero-order valence-electron chi connectivity index (χ0n) is 13.4. The summed E-state index contributed by atoms with van der Waals surface area (Å²) >= 11 is 0. The minimum Gasteiger partial charge on any atom is -0.348 e. The van der Waals surface area contributed by atoms with Gasteiger partial charge >= 0.3 is 0 Å². The number of carbonyl (C=O) groups excluding carboxylic acids is 1. The largest absolute Gasteiger partial charge is 0.348 e. The standard InChI is InChI=1S/C18H14N6O/c1-12(15-7-20-11-21-8-15)24-18-22-9-16(10-23-18)17(25)14-4-2-3-13(5-14)6-19/h2-5,7-12H,1H3,(H,22,23,24). The van der Waals surface area contributed by atoms with Crippen molar-refractivity contribution >= 4 is 11.7 Å². The molecule has 122 valence electrons. The van der Waals surface area contributed by atoms with Crippen LogP contribution < -0.4 is 5.32 Å². The van der Waals surface area contributed by atoms with Gasteiger partial charge in [0.1, 0.15) is 6.33 Å². The second-order valence-corrected chi connectivity index (χ2v) is 5.35. The zero-order valence-corrected chi connectivity index (χ0v) is 13.4. The third-order valence-electron chi connectivity index (χ3n) is 3.59. The molecular weight excluding hydrogens is 316 g/mol. The highest BCUT2D eigenvalue weighted by Gasteiger charge is 2.12. The number of nitrogens with one attached hydrogen (secondary N) is 1. The molecule has 0 aliphatic carbocycles. The molecule has 7 nitrogen and oxygen atoms in total. The Labute approximate surface area is 144 Å². The second-order valence-electron chi connectivity index (χ2n) is 5.35. The van der Waals surface area contributed by atoms with E-state index in [0.29, 0.717) is 22.6 Å². The van der Waals surface area contributed by atoms with E-state index in [2.05, 4.69) is 25.3 Å². The van der Waals surface area contributed by atoms with Crippen molar-refractivity contribution in [2.45, 2.75) is 13.0 Å². The first-order valence-electron chi connectivity index (χ1n) is 7.55. The van der Waals surface area contributed by atoms with Gasteiger partial charge in [0, 0.05) is 35.9 Å². The lowest BCUT2D eigenvalue weighted by atomic mass is 10.0. The minimum atomic E-state index is -0.229. The highest BCUT2D eigenvalue weighted by Crippen LogP contribution is 2.15. The van der Waals surface area contributed by atoms with Crippen LogP contribution in [0.3, 0.4) is 0 Å². The number of nitriles is 1. The number of rotatable bonds is 5. The summed E-state index contributed by atoms with van der Waals surface area (Å²) in [4.78, 5) is 28.8. The van der Waals surface area contributed by atoms with E-state index in [9.17, 15) is 4.79 Å². The third kappa shape index (κ3) is 3.82. The van der Waals surface area contributed by atoms with Crippen LogP contribution in [0.5, 0.6) is 0 Å². The van der Waals surface area contributed by atoms with Crippen LogP contribution in [0.25, 0.3) is 0 Å². The normalized spacial score (nSPS) is 11.4. The van der Waals surface area contributed by atoms with Gasteiger partial charge in [-0.1, -0.05) is 12.1 Å². The predicted molar refractivity (Wildman–Crippen MR) is 90.7 cm³/mol. The van der Waals surface area contributed by atoms with Crippen LogP contribution >= 0.6 is 0 Å². The zero-order chi connectivity index (χ0) is 17.6. The molecule has 7 heteroatoms. The Morgan fingerprint density at radius 3 is 2.52 bits per heavy atom. The van der Waals surface area contributed by atoms with Gasteiger partial charge in [-0.15, -0.1) is 0 Å². The van der Waals surface area contributed by atoms with E-state index in [1.54, 1.807) is 36.7 Å². The van der Waals surface area contributed by atoms with Gasteiger partial charge in [-0.05, 0) is 19.1 Å². The molecule has 0 fully saturated rings. The fraction of sp³-hybridized carbons (Fsp3) is 0.111. The molecular formula is C18H14N6O. The first-order valence-corrected chi connectivity index (χ1v) is 7.55. The van der Waals surface area contributed by atoms with Gasteiger partial charge in [0.2, 0.25) is 5.95 Å². The van der Waals surface area contributed by atoms with E-state index in [1.807, 2.05) is 13.0 Å². The van der Waals surface area contributed by atoms with Crippen LogP contribution in [0.2, 0.25) is 0 Å². The molecule has 1 unspecified atom stereocenters. The van der Waals surface area contributed by atoms with Crippen molar-refractivity contribution in [2.24, 2.45) is 0 Å². The topological polar surface area (TPSA) is 104 Å². The molecule has 3 rings (SSSR count). The summed E-state index contributed by atoms with van der Waals surface area (Å²) in [6.07, 6.45) is 7.82. The van der Waals surface area contributed by atoms with Gasteiger partial charge in [-0.25, -0.2) is 19.9 Å². The van der Waals surface area contributed by atoms with Crippen molar-refractivity contribution in [1.29, 1.82) is 5.26 Å².